The van der Waals surface area contributed by atoms with Crippen LogP contribution in [-0.2, 0) is 11.4 Å². The smallest absolute Gasteiger partial charge is 0.266 e. The lowest BCUT2D eigenvalue weighted by Crippen LogP contribution is -2.13. The Balaban J connectivity index is 1.53. The molecule has 0 spiro atoms. The fraction of sp³-hybridized carbons (Fsp3) is 0.0714. The molecule has 0 atom stereocenters. The van der Waals surface area contributed by atoms with Gasteiger partial charge in [0.15, 0.2) is 0 Å². The van der Waals surface area contributed by atoms with E-state index in [1.54, 1.807) is 12.1 Å². The lowest BCUT2D eigenvalue weighted by Gasteiger charge is -2.13. The molecule has 6 heteroatoms. The fourth-order valence-corrected chi connectivity index (χ4v) is 5.06. The van der Waals surface area contributed by atoms with Gasteiger partial charge in [-0.25, -0.2) is 0 Å². The first-order valence-electron chi connectivity index (χ1n) is 10.5. The summed E-state index contributed by atoms with van der Waals surface area (Å²) in [5.41, 5.74) is 3.44. The number of anilines is 1. The van der Waals surface area contributed by atoms with Crippen molar-refractivity contribution < 1.29 is 9.53 Å². The van der Waals surface area contributed by atoms with Crippen molar-refractivity contribution in [2.45, 2.75) is 13.5 Å². The summed E-state index contributed by atoms with van der Waals surface area (Å²) in [6.45, 7) is 2.34. The van der Waals surface area contributed by atoms with Gasteiger partial charge < -0.3 is 10.1 Å². The van der Waals surface area contributed by atoms with Crippen LogP contribution in [0.4, 0.5) is 5.69 Å². The zero-order chi connectivity index (χ0) is 24.1. The standard InChI is InChI=1S/C28H20Br2N2O2/c1-18-6-4-10-23(12-18)32-28(33)22(16-31)13-19-14-25(29)27(26(30)15-19)34-17-21-9-5-8-20-7-2-3-11-24(20)21/h2-15H,17H2,1H3,(H,32,33)/b22-13-. The van der Waals surface area contributed by atoms with E-state index >= 15 is 0 Å². The van der Waals surface area contributed by atoms with Crippen LogP contribution < -0.4 is 10.1 Å². The van der Waals surface area contributed by atoms with E-state index in [0.29, 0.717) is 32.6 Å². The van der Waals surface area contributed by atoms with Gasteiger partial charge in [0, 0.05) is 5.69 Å². The normalized spacial score (nSPS) is 11.2. The molecule has 1 N–H and O–H groups in total. The molecule has 1 amide bonds. The molecule has 0 fully saturated rings. The van der Waals surface area contributed by atoms with Crippen molar-refractivity contribution in [2.24, 2.45) is 0 Å². The van der Waals surface area contributed by atoms with E-state index < -0.39 is 5.91 Å². The topological polar surface area (TPSA) is 62.1 Å². The molecule has 0 aliphatic heterocycles. The van der Waals surface area contributed by atoms with Crippen molar-refractivity contribution in [3.8, 4) is 11.8 Å². The van der Waals surface area contributed by atoms with Crippen LogP contribution in [0.5, 0.6) is 5.75 Å². The van der Waals surface area contributed by atoms with Gasteiger partial charge in [-0.05, 0) is 96.6 Å². The summed E-state index contributed by atoms with van der Waals surface area (Å²) in [5.74, 6) is 0.185. The SMILES string of the molecule is Cc1cccc(NC(=O)/C(C#N)=C\c2cc(Br)c(OCc3cccc4ccccc34)c(Br)c2)c1. The monoisotopic (exact) mass is 574 g/mol. The predicted octanol–water partition coefficient (Wildman–Crippen LogP) is 7.80. The molecule has 34 heavy (non-hydrogen) atoms. The molecule has 0 heterocycles. The molecule has 168 valence electrons. The van der Waals surface area contributed by atoms with Gasteiger partial charge in [-0.2, -0.15) is 5.26 Å². The fourth-order valence-electron chi connectivity index (χ4n) is 3.61. The van der Waals surface area contributed by atoms with Crippen molar-refractivity contribution in [2.75, 3.05) is 5.32 Å². The Morgan fingerprint density at radius 3 is 2.44 bits per heavy atom. The van der Waals surface area contributed by atoms with E-state index in [9.17, 15) is 10.1 Å². The molecule has 0 aliphatic carbocycles. The predicted molar refractivity (Wildman–Crippen MR) is 144 cm³/mol. The number of nitriles is 1. The van der Waals surface area contributed by atoms with Gasteiger partial charge >= 0.3 is 0 Å². The van der Waals surface area contributed by atoms with Gasteiger partial charge in [-0.3, -0.25) is 4.79 Å². The summed E-state index contributed by atoms with van der Waals surface area (Å²) >= 11 is 7.13. The van der Waals surface area contributed by atoms with E-state index in [4.69, 9.17) is 4.74 Å². The van der Waals surface area contributed by atoms with Gasteiger partial charge in [-0.1, -0.05) is 54.6 Å². The van der Waals surface area contributed by atoms with Gasteiger partial charge in [0.2, 0.25) is 0 Å². The molecular formula is C28H20Br2N2O2. The summed E-state index contributed by atoms with van der Waals surface area (Å²) in [4.78, 5) is 12.6. The van der Waals surface area contributed by atoms with Gasteiger partial charge in [0.25, 0.3) is 5.91 Å². The number of rotatable bonds is 6. The van der Waals surface area contributed by atoms with Crippen molar-refractivity contribution in [3.63, 3.8) is 0 Å². The number of carbonyl (C=O) groups is 1. The maximum atomic E-state index is 12.6. The minimum atomic E-state index is -0.461. The molecule has 4 aromatic carbocycles. The van der Waals surface area contributed by atoms with Gasteiger partial charge in [0.05, 0.1) is 8.95 Å². The van der Waals surface area contributed by atoms with Crippen LogP contribution >= 0.6 is 31.9 Å². The van der Waals surface area contributed by atoms with Crippen LogP contribution in [-0.4, -0.2) is 5.91 Å². The Morgan fingerprint density at radius 2 is 1.71 bits per heavy atom. The number of amides is 1. The molecule has 0 radical (unpaired) electrons. The Bertz CT molecular complexity index is 1430. The second-order valence-corrected chi connectivity index (χ2v) is 9.44. The Hall–Kier alpha value is -3.40. The highest BCUT2D eigenvalue weighted by atomic mass is 79.9. The van der Waals surface area contributed by atoms with Crippen molar-refractivity contribution in [1.29, 1.82) is 5.26 Å². The molecule has 0 bridgehead atoms. The van der Waals surface area contributed by atoms with E-state index in [-0.39, 0.29) is 5.57 Å². The number of hydrogen-bond donors (Lipinski definition) is 1. The third-order valence-corrected chi connectivity index (χ3v) is 6.40. The first-order chi connectivity index (χ1) is 16.4. The third-order valence-electron chi connectivity index (χ3n) is 5.22. The summed E-state index contributed by atoms with van der Waals surface area (Å²) in [7, 11) is 0. The summed E-state index contributed by atoms with van der Waals surface area (Å²) in [5, 5.41) is 14.6. The zero-order valence-corrected chi connectivity index (χ0v) is 21.5. The summed E-state index contributed by atoms with van der Waals surface area (Å²) in [6.07, 6.45) is 1.55. The number of nitrogens with one attached hydrogen (secondary N) is 1. The second kappa shape index (κ2) is 10.7. The average molecular weight is 576 g/mol. The Labute approximate surface area is 215 Å². The van der Waals surface area contributed by atoms with Crippen LogP contribution in [0.25, 0.3) is 16.8 Å². The first kappa shape index (κ1) is 23.7. The van der Waals surface area contributed by atoms with Crippen molar-refractivity contribution in [1.82, 2.24) is 0 Å². The highest BCUT2D eigenvalue weighted by Gasteiger charge is 2.13. The molecule has 0 saturated carbocycles. The second-order valence-electron chi connectivity index (χ2n) is 7.73. The third kappa shape index (κ3) is 5.56. The number of carbonyl (C=O) groups excluding carboxylic acids is 1. The quantitative estimate of drug-likeness (QED) is 0.188. The van der Waals surface area contributed by atoms with Crippen molar-refractivity contribution >= 4 is 60.3 Å². The van der Waals surface area contributed by atoms with E-state index in [2.05, 4.69) is 55.4 Å². The average Bonchev–Trinajstić information content (AvgIpc) is 2.82. The van der Waals surface area contributed by atoms with Crippen LogP contribution in [0.15, 0.2) is 93.4 Å². The molecule has 0 aromatic heterocycles. The largest absolute Gasteiger partial charge is 0.487 e. The maximum Gasteiger partial charge on any atom is 0.266 e. The van der Waals surface area contributed by atoms with E-state index in [1.165, 1.54) is 0 Å². The van der Waals surface area contributed by atoms with Crippen LogP contribution in [0.1, 0.15) is 16.7 Å². The maximum absolute atomic E-state index is 12.6. The minimum Gasteiger partial charge on any atom is -0.487 e. The van der Waals surface area contributed by atoms with E-state index in [0.717, 1.165) is 21.9 Å². The van der Waals surface area contributed by atoms with E-state index in [1.807, 2.05) is 67.6 Å². The van der Waals surface area contributed by atoms with Crippen LogP contribution in [0.2, 0.25) is 0 Å². The number of fused-ring (bicyclic) bond motifs is 1. The number of halogens is 2. The summed E-state index contributed by atoms with van der Waals surface area (Å²) < 4.78 is 7.55. The van der Waals surface area contributed by atoms with Gasteiger partial charge in [-0.15, -0.1) is 0 Å². The van der Waals surface area contributed by atoms with Crippen LogP contribution in [0.3, 0.4) is 0 Å². The van der Waals surface area contributed by atoms with Gasteiger partial charge in [0.1, 0.15) is 24.0 Å². The number of hydrogen-bond acceptors (Lipinski definition) is 3. The minimum absolute atomic E-state index is 0.00438. The van der Waals surface area contributed by atoms with Crippen molar-refractivity contribution in [3.05, 3.63) is 110 Å². The molecular weight excluding hydrogens is 556 g/mol. The highest BCUT2D eigenvalue weighted by molar-refractivity contribution is 9.11. The Morgan fingerprint density at radius 1 is 1.00 bits per heavy atom. The molecule has 0 saturated heterocycles. The Kier molecular flexibility index (Phi) is 7.46. The molecule has 0 unspecified atom stereocenters. The molecule has 4 aromatic rings. The molecule has 0 aliphatic rings. The number of ether oxygens (including phenoxy) is 1. The lowest BCUT2D eigenvalue weighted by atomic mass is 10.1. The number of nitrogens with zero attached hydrogens (tertiary/aromatic N) is 1. The molecule has 4 rings (SSSR count). The summed E-state index contributed by atoms with van der Waals surface area (Å²) in [6, 6.07) is 27.4. The zero-order valence-electron chi connectivity index (χ0n) is 18.3. The lowest BCUT2D eigenvalue weighted by molar-refractivity contribution is -0.112. The number of aryl methyl sites for hydroxylation is 1. The number of benzene rings is 4. The first-order valence-corrected chi connectivity index (χ1v) is 12.1. The molecule has 4 nitrogen and oxygen atoms in total. The van der Waals surface area contributed by atoms with Crippen LogP contribution in [0, 0.1) is 18.3 Å². The highest BCUT2D eigenvalue weighted by Crippen LogP contribution is 2.36.